The first-order valence-corrected chi connectivity index (χ1v) is 8.15. The Kier molecular flexibility index (Phi) is 4.79. The molecule has 1 aromatic carbocycles. The molecule has 3 rings (SSSR count). The molecule has 2 atom stereocenters. The van der Waals surface area contributed by atoms with Gasteiger partial charge in [-0.1, -0.05) is 18.2 Å². The van der Waals surface area contributed by atoms with E-state index in [-0.39, 0.29) is 12.5 Å². The topological polar surface area (TPSA) is 71.1 Å². The average molecular weight is 344 g/mol. The Labute approximate surface area is 146 Å². The molecule has 0 spiro atoms. The molecule has 0 saturated heterocycles. The standard InChI is InChI=1S/C19H20O6/c1-4-22-18(21)15(10-24-19-12(3)11(2)17(20)25-19)14-9-23-16-8-6-5-7-13(14)16/h5-8,10,14,19H,4,9H2,1-3H3/b15-10+. The first-order valence-electron chi connectivity index (χ1n) is 8.15. The lowest BCUT2D eigenvalue weighted by molar-refractivity contribution is -0.153. The van der Waals surface area contributed by atoms with E-state index in [9.17, 15) is 9.59 Å². The third-order valence-corrected chi connectivity index (χ3v) is 4.37. The number of fused-ring (bicyclic) bond motifs is 1. The number of cyclic esters (lactones) is 1. The van der Waals surface area contributed by atoms with Crippen LogP contribution in [0.2, 0.25) is 0 Å². The van der Waals surface area contributed by atoms with Crippen LogP contribution in [0.4, 0.5) is 0 Å². The van der Waals surface area contributed by atoms with Crippen LogP contribution in [0.1, 0.15) is 32.3 Å². The molecule has 0 aliphatic carbocycles. The largest absolute Gasteiger partial charge is 0.492 e. The average Bonchev–Trinajstić information content (AvgIpc) is 3.13. The summed E-state index contributed by atoms with van der Waals surface area (Å²) in [5.41, 5.74) is 2.44. The first-order chi connectivity index (χ1) is 12.0. The molecule has 132 valence electrons. The van der Waals surface area contributed by atoms with Crippen LogP contribution in [-0.4, -0.2) is 31.4 Å². The van der Waals surface area contributed by atoms with Crippen LogP contribution in [0.5, 0.6) is 5.75 Å². The summed E-state index contributed by atoms with van der Waals surface area (Å²) in [6.45, 7) is 5.76. The van der Waals surface area contributed by atoms with E-state index in [4.69, 9.17) is 18.9 Å². The minimum absolute atomic E-state index is 0.252. The molecule has 6 heteroatoms. The zero-order valence-electron chi connectivity index (χ0n) is 14.4. The number of hydrogen-bond acceptors (Lipinski definition) is 6. The quantitative estimate of drug-likeness (QED) is 0.465. The molecular weight excluding hydrogens is 324 g/mol. The molecule has 0 aromatic heterocycles. The highest BCUT2D eigenvalue weighted by Gasteiger charge is 2.34. The second kappa shape index (κ2) is 7.01. The minimum atomic E-state index is -0.825. The van der Waals surface area contributed by atoms with Crippen molar-refractivity contribution in [3.05, 3.63) is 52.8 Å². The number of ether oxygens (including phenoxy) is 4. The Morgan fingerprint density at radius 1 is 1.32 bits per heavy atom. The van der Waals surface area contributed by atoms with Crippen molar-refractivity contribution >= 4 is 11.9 Å². The van der Waals surface area contributed by atoms with Crippen molar-refractivity contribution in [2.75, 3.05) is 13.2 Å². The number of para-hydroxylation sites is 1. The van der Waals surface area contributed by atoms with Gasteiger partial charge in [-0.25, -0.2) is 9.59 Å². The Hall–Kier alpha value is -2.76. The van der Waals surface area contributed by atoms with E-state index in [1.807, 2.05) is 24.3 Å². The monoisotopic (exact) mass is 344 g/mol. The molecule has 0 saturated carbocycles. The van der Waals surface area contributed by atoms with Crippen LogP contribution in [0.25, 0.3) is 0 Å². The van der Waals surface area contributed by atoms with Gasteiger partial charge < -0.3 is 18.9 Å². The highest BCUT2D eigenvalue weighted by Crippen LogP contribution is 2.38. The number of benzene rings is 1. The predicted octanol–water partition coefficient (Wildman–Crippen LogP) is 2.85. The van der Waals surface area contributed by atoms with E-state index in [1.165, 1.54) is 6.26 Å². The number of carbonyl (C=O) groups is 2. The van der Waals surface area contributed by atoms with E-state index in [2.05, 4.69) is 0 Å². The lowest BCUT2D eigenvalue weighted by Gasteiger charge is -2.16. The van der Waals surface area contributed by atoms with E-state index < -0.39 is 18.2 Å². The summed E-state index contributed by atoms with van der Waals surface area (Å²) in [4.78, 5) is 24.0. The fourth-order valence-corrected chi connectivity index (χ4v) is 2.78. The lowest BCUT2D eigenvalue weighted by Crippen LogP contribution is -2.19. The second-order valence-electron chi connectivity index (χ2n) is 5.88. The third kappa shape index (κ3) is 3.24. The molecule has 25 heavy (non-hydrogen) atoms. The summed E-state index contributed by atoms with van der Waals surface area (Å²) < 4.78 is 21.5. The fraction of sp³-hybridized carbons (Fsp3) is 0.368. The third-order valence-electron chi connectivity index (χ3n) is 4.37. The van der Waals surface area contributed by atoms with E-state index in [0.717, 1.165) is 11.3 Å². The number of hydrogen-bond donors (Lipinski definition) is 0. The Balaban J connectivity index is 1.86. The second-order valence-corrected chi connectivity index (χ2v) is 5.88. The van der Waals surface area contributed by atoms with Gasteiger partial charge in [0.1, 0.15) is 5.75 Å². The van der Waals surface area contributed by atoms with Gasteiger partial charge in [-0.05, 0) is 26.8 Å². The van der Waals surface area contributed by atoms with Crippen molar-refractivity contribution in [1.82, 2.24) is 0 Å². The smallest absolute Gasteiger partial charge is 0.337 e. The molecule has 6 nitrogen and oxygen atoms in total. The molecule has 2 aliphatic rings. The normalized spacial score (nSPS) is 22.4. The molecule has 2 heterocycles. The van der Waals surface area contributed by atoms with E-state index in [0.29, 0.717) is 23.3 Å². The van der Waals surface area contributed by atoms with Gasteiger partial charge in [0.2, 0.25) is 0 Å². The minimum Gasteiger partial charge on any atom is -0.492 e. The molecule has 2 aliphatic heterocycles. The highest BCUT2D eigenvalue weighted by molar-refractivity contribution is 5.91. The van der Waals surface area contributed by atoms with Crippen LogP contribution in [-0.2, 0) is 23.8 Å². The van der Waals surface area contributed by atoms with Crippen molar-refractivity contribution < 1.29 is 28.5 Å². The molecular formula is C19H20O6. The number of rotatable bonds is 5. The van der Waals surface area contributed by atoms with Crippen molar-refractivity contribution in [1.29, 1.82) is 0 Å². The Bertz CT molecular complexity index is 761. The number of esters is 2. The molecule has 2 unspecified atom stereocenters. The fourth-order valence-electron chi connectivity index (χ4n) is 2.78. The van der Waals surface area contributed by atoms with Gasteiger partial charge in [0, 0.05) is 16.7 Å². The van der Waals surface area contributed by atoms with E-state index in [1.54, 1.807) is 20.8 Å². The van der Waals surface area contributed by atoms with Crippen LogP contribution in [0, 0.1) is 0 Å². The molecule has 0 bridgehead atoms. The summed E-state index contributed by atoms with van der Waals surface area (Å²) in [5, 5.41) is 0. The Morgan fingerprint density at radius 3 is 2.76 bits per heavy atom. The van der Waals surface area contributed by atoms with Gasteiger partial charge in [-0.3, -0.25) is 0 Å². The summed E-state index contributed by atoms with van der Waals surface area (Å²) >= 11 is 0. The molecule has 0 fully saturated rings. The maximum Gasteiger partial charge on any atom is 0.337 e. The molecule has 1 aromatic rings. The van der Waals surface area contributed by atoms with Crippen LogP contribution in [0.15, 0.2) is 47.2 Å². The zero-order valence-corrected chi connectivity index (χ0v) is 14.4. The van der Waals surface area contributed by atoms with Gasteiger partial charge in [-0.2, -0.15) is 0 Å². The van der Waals surface area contributed by atoms with Gasteiger partial charge in [0.25, 0.3) is 6.29 Å². The SMILES string of the molecule is CCOC(=O)/C(=C/OC1OC(=O)C(C)=C1C)C1COc2ccccc21. The predicted molar refractivity (Wildman–Crippen MR) is 88.7 cm³/mol. The van der Waals surface area contributed by atoms with Crippen molar-refractivity contribution in [2.24, 2.45) is 0 Å². The maximum absolute atomic E-state index is 12.4. The summed E-state index contributed by atoms with van der Waals surface area (Å²) in [7, 11) is 0. The van der Waals surface area contributed by atoms with Crippen LogP contribution < -0.4 is 4.74 Å². The van der Waals surface area contributed by atoms with Crippen molar-refractivity contribution in [3.63, 3.8) is 0 Å². The van der Waals surface area contributed by atoms with E-state index >= 15 is 0 Å². The first kappa shape index (κ1) is 17.1. The highest BCUT2D eigenvalue weighted by atomic mass is 16.7. The van der Waals surface area contributed by atoms with Gasteiger partial charge in [0.15, 0.2) is 0 Å². The maximum atomic E-state index is 12.4. The molecule has 0 radical (unpaired) electrons. The number of carbonyl (C=O) groups excluding carboxylic acids is 2. The zero-order chi connectivity index (χ0) is 18.0. The van der Waals surface area contributed by atoms with Crippen LogP contribution >= 0.6 is 0 Å². The van der Waals surface area contributed by atoms with Gasteiger partial charge >= 0.3 is 11.9 Å². The van der Waals surface area contributed by atoms with Gasteiger partial charge in [-0.15, -0.1) is 0 Å². The summed E-state index contributed by atoms with van der Waals surface area (Å²) in [6, 6.07) is 7.53. The molecule has 0 amide bonds. The summed E-state index contributed by atoms with van der Waals surface area (Å²) in [6.07, 6.45) is 0.503. The summed E-state index contributed by atoms with van der Waals surface area (Å²) in [5.74, 6) is -0.446. The lowest BCUT2D eigenvalue weighted by atomic mass is 9.94. The van der Waals surface area contributed by atoms with Crippen molar-refractivity contribution in [2.45, 2.75) is 33.0 Å². The van der Waals surface area contributed by atoms with Crippen molar-refractivity contribution in [3.8, 4) is 5.75 Å². The van der Waals surface area contributed by atoms with Gasteiger partial charge in [0.05, 0.1) is 31.0 Å². The molecule has 0 N–H and O–H groups in total. The van der Waals surface area contributed by atoms with Crippen LogP contribution in [0.3, 0.4) is 0 Å². The Morgan fingerprint density at radius 2 is 2.08 bits per heavy atom.